The molecule has 1 atom stereocenters. The summed E-state index contributed by atoms with van der Waals surface area (Å²) in [4.78, 5) is 0. The summed E-state index contributed by atoms with van der Waals surface area (Å²) in [5.41, 5.74) is 4.63. The van der Waals surface area contributed by atoms with Gasteiger partial charge >= 0.3 is 0 Å². The van der Waals surface area contributed by atoms with Crippen molar-refractivity contribution in [3.05, 3.63) is 59.2 Å². The third-order valence-electron chi connectivity index (χ3n) is 3.95. The zero-order valence-electron chi connectivity index (χ0n) is 11.6. The summed E-state index contributed by atoms with van der Waals surface area (Å²) in [5, 5.41) is 13.0. The van der Waals surface area contributed by atoms with Crippen LogP contribution < -0.4 is 10.1 Å². The molecule has 104 valence electrons. The maximum absolute atomic E-state index is 9.41. The molecule has 2 aromatic carbocycles. The van der Waals surface area contributed by atoms with Crippen LogP contribution >= 0.6 is 0 Å². The third-order valence-corrected chi connectivity index (χ3v) is 3.95. The van der Waals surface area contributed by atoms with Gasteiger partial charge in [-0.25, -0.2) is 0 Å². The van der Waals surface area contributed by atoms with Gasteiger partial charge in [0.15, 0.2) is 0 Å². The van der Waals surface area contributed by atoms with Gasteiger partial charge in [0.05, 0.1) is 19.8 Å². The van der Waals surface area contributed by atoms with Gasteiger partial charge in [-0.2, -0.15) is 0 Å². The van der Waals surface area contributed by atoms with E-state index < -0.39 is 0 Å². The van der Waals surface area contributed by atoms with Crippen LogP contribution in [0.1, 0.15) is 29.2 Å². The number of rotatable bonds is 4. The number of fused-ring (bicyclic) bond motifs is 1. The van der Waals surface area contributed by atoms with E-state index in [9.17, 15) is 5.11 Å². The lowest BCUT2D eigenvalue weighted by Crippen LogP contribution is -2.09. The first-order valence-electron chi connectivity index (χ1n) is 6.94. The van der Waals surface area contributed by atoms with Crippen LogP contribution in [0.5, 0.6) is 5.75 Å². The molecule has 0 amide bonds. The maximum atomic E-state index is 9.41. The molecule has 0 saturated heterocycles. The number of aliphatic hydroxyl groups excluding tert-OH is 1. The van der Waals surface area contributed by atoms with E-state index in [1.165, 1.54) is 11.1 Å². The second-order valence-electron chi connectivity index (χ2n) is 5.12. The van der Waals surface area contributed by atoms with E-state index in [4.69, 9.17) is 4.74 Å². The molecule has 0 radical (unpaired) electrons. The minimum absolute atomic E-state index is 0.0564. The summed E-state index contributed by atoms with van der Waals surface area (Å²) < 4.78 is 5.32. The van der Waals surface area contributed by atoms with E-state index in [1.54, 1.807) is 7.11 Å². The third kappa shape index (κ3) is 2.37. The average Bonchev–Trinajstić information content (AvgIpc) is 2.90. The number of ether oxygens (including phenoxy) is 1. The monoisotopic (exact) mass is 269 g/mol. The van der Waals surface area contributed by atoms with Crippen molar-refractivity contribution >= 4 is 5.69 Å². The molecule has 0 spiro atoms. The van der Waals surface area contributed by atoms with Gasteiger partial charge in [-0.05, 0) is 42.2 Å². The number of aryl methyl sites for hydroxylation is 1. The van der Waals surface area contributed by atoms with Gasteiger partial charge in [0.1, 0.15) is 5.75 Å². The van der Waals surface area contributed by atoms with Crippen molar-refractivity contribution in [1.82, 2.24) is 0 Å². The van der Waals surface area contributed by atoms with Crippen molar-refractivity contribution in [2.45, 2.75) is 25.5 Å². The average molecular weight is 269 g/mol. The molecule has 1 aliphatic carbocycles. The smallest absolute Gasteiger partial charge is 0.119 e. The van der Waals surface area contributed by atoms with Crippen molar-refractivity contribution in [2.24, 2.45) is 0 Å². The number of methoxy groups -OCH3 is 1. The molecule has 3 rings (SSSR count). The van der Waals surface area contributed by atoms with Crippen molar-refractivity contribution in [1.29, 1.82) is 0 Å². The summed E-state index contributed by atoms with van der Waals surface area (Å²) in [6.45, 7) is 0.0564. The Bertz CT molecular complexity index is 610. The van der Waals surface area contributed by atoms with Crippen LogP contribution in [-0.2, 0) is 13.0 Å². The van der Waals surface area contributed by atoms with Gasteiger partial charge in [0.25, 0.3) is 0 Å². The van der Waals surface area contributed by atoms with Crippen molar-refractivity contribution < 1.29 is 9.84 Å². The number of para-hydroxylation sites is 1. The number of hydrogen-bond acceptors (Lipinski definition) is 3. The van der Waals surface area contributed by atoms with Gasteiger partial charge < -0.3 is 15.2 Å². The highest BCUT2D eigenvalue weighted by atomic mass is 16.5. The van der Waals surface area contributed by atoms with E-state index in [1.807, 2.05) is 30.3 Å². The summed E-state index contributed by atoms with van der Waals surface area (Å²) in [6.07, 6.45) is 2.15. The first-order valence-corrected chi connectivity index (χ1v) is 6.94. The first-order chi connectivity index (χ1) is 9.81. The van der Waals surface area contributed by atoms with Gasteiger partial charge in [0, 0.05) is 11.3 Å². The highest BCUT2D eigenvalue weighted by Crippen LogP contribution is 2.36. The van der Waals surface area contributed by atoms with E-state index >= 15 is 0 Å². The van der Waals surface area contributed by atoms with Crippen LogP contribution in [0.4, 0.5) is 5.69 Å². The van der Waals surface area contributed by atoms with E-state index in [-0.39, 0.29) is 12.6 Å². The van der Waals surface area contributed by atoms with Gasteiger partial charge in [-0.3, -0.25) is 0 Å². The first kappa shape index (κ1) is 13.0. The molecule has 2 aromatic rings. The van der Waals surface area contributed by atoms with Crippen molar-refractivity contribution in [3.63, 3.8) is 0 Å². The predicted molar refractivity (Wildman–Crippen MR) is 80.0 cm³/mol. The number of nitrogens with one attached hydrogen (secondary N) is 1. The van der Waals surface area contributed by atoms with E-state index in [2.05, 4.69) is 17.4 Å². The molecular weight excluding hydrogens is 250 g/mol. The van der Waals surface area contributed by atoms with Crippen LogP contribution in [0.15, 0.2) is 42.5 Å². The molecule has 3 nitrogen and oxygen atoms in total. The standard InChI is InChI=1S/C17H19NO2/c1-20-14-8-6-12-7-9-17(15(12)10-14)18-16-5-3-2-4-13(16)11-19/h2-6,8,10,17-19H,7,9,11H2,1H3. The molecule has 0 aliphatic heterocycles. The Morgan fingerprint density at radius 3 is 2.90 bits per heavy atom. The quantitative estimate of drug-likeness (QED) is 0.895. The molecule has 20 heavy (non-hydrogen) atoms. The molecule has 1 unspecified atom stereocenters. The van der Waals surface area contributed by atoms with Gasteiger partial charge in [-0.1, -0.05) is 24.3 Å². The second-order valence-corrected chi connectivity index (χ2v) is 5.12. The largest absolute Gasteiger partial charge is 0.497 e. The minimum Gasteiger partial charge on any atom is -0.497 e. The Morgan fingerprint density at radius 1 is 1.25 bits per heavy atom. The second kappa shape index (κ2) is 5.55. The predicted octanol–water partition coefficient (Wildman–Crippen LogP) is 3.29. The molecule has 1 aliphatic rings. The molecule has 0 heterocycles. The Hall–Kier alpha value is -2.00. The SMILES string of the molecule is COc1ccc2c(c1)C(Nc1ccccc1CO)CC2. The Morgan fingerprint density at radius 2 is 2.10 bits per heavy atom. The molecule has 0 bridgehead atoms. The number of aliphatic hydroxyl groups is 1. The molecule has 0 aromatic heterocycles. The zero-order valence-corrected chi connectivity index (χ0v) is 11.6. The van der Waals surface area contributed by atoms with Crippen molar-refractivity contribution in [2.75, 3.05) is 12.4 Å². The lowest BCUT2D eigenvalue weighted by molar-refractivity contribution is 0.282. The van der Waals surface area contributed by atoms with Crippen molar-refractivity contribution in [3.8, 4) is 5.75 Å². The number of anilines is 1. The van der Waals surface area contributed by atoms with E-state index in [0.29, 0.717) is 0 Å². The summed E-state index contributed by atoms with van der Waals surface area (Å²) in [5.74, 6) is 0.896. The Kier molecular flexibility index (Phi) is 3.61. The number of benzene rings is 2. The minimum atomic E-state index is 0.0564. The highest BCUT2D eigenvalue weighted by molar-refractivity contribution is 5.54. The Balaban J connectivity index is 1.87. The van der Waals surface area contributed by atoms with E-state index in [0.717, 1.165) is 29.8 Å². The van der Waals surface area contributed by atoms with Crippen LogP contribution in [0.2, 0.25) is 0 Å². The lowest BCUT2D eigenvalue weighted by Gasteiger charge is -2.18. The lowest BCUT2D eigenvalue weighted by atomic mass is 10.1. The highest BCUT2D eigenvalue weighted by Gasteiger charge is 2.23. The topological polar surface area (TPSA) is 41.5 Å². The summed E-state index contributed by atoms with van der Waals surface area (Å²) in [6, 6.07) is 14.5. The normalized spacial score (nSPS) is 16.8. The Labute approximate surface area is 119 Å². The summed E-state index contributed by atoms with van der Waals surface area (Å²) in [7, 11) is 1.69. The zero-order chi connectivity index (χ0) is 13.9. The molecule has 2 N–H and O–H groups in total. The summed E-state index contributed by atoms with van der Waals surface area (Å²) >= 11 is 0. The fourth-order valence-corrected chi connectivity index (χ4v) is 2.84. The van der Waals surface area contributed by atoms with Crippen LogP contribution in [-0.4, -0.2) is 12.2 Å². The molecule has 0 fully saturated rings. The fourth-order valence-electron chi connectivity index (χ4n) is 2.84. The molecule has 0 saturated carbocycles. The molecule has 3 heteroatoms. The van der Waals surface area contributed by atoms with Crippen LogP contribution in [0.25, 0.3) is 0 Å². The fraction of sp³-hybridized carbons (Fsp3) is 0.294. The molecular formula is C17H19NO2. The van der Waals surface area contributed by atoms with Gasteiger partial charge in [-0.15, -0.1) is 0 Å². The number of hydrogen-bond donors (Lipinski definition) is 2. The van der Waals surface area contributed by atoms with Crippen LogP contribution in [0.3, 0.4) is 0 Å². The maximum Gasteiger partial charge on any atom is 0.119 e. The van der Waals surface area contributed by atoms with Gasteiger partial charge in [0.2, 0.25) is 0 Å². The van der Waals surface area contributed by atoms with Crippen LogP contribution in [0, 0.1) is 0 Å².